The Bertz CT molecular complexity index is 1960. The molecule has 0 saturated carbocycles. The highest BCUT2D eigenvalue weighted by atomic mass is 16.3. The van der Waals surface area contributed by atoms with Gasteiger partial charge in [-0.2, -0.15) is 0 Å². The van der Waals surface area contributed by atoms with Crippen molar-refractivity contribution in [3.05, 3.63) is 73.6 Å². The number of hydrogen-bond acceptors (Lipinski definition) is 4. The molecule has 8 aromatic rings. The third kappa shape index (κ3) is 1.68. The first-order valence-corrected chi connectivity index (χ1v) is 9.79. The fraction of sp³-hybridized carbons (Fsp3) is 0. The molecule has 0 aliphatic carbocycles. The van der Waals surface area contributed by atoms with E-state index in [2.05, 4.69) is 30.3 Å². The van der Waals surface area contributed by atoms with Crippen molar-refractivity contribution >= 4 is 76.2 Å². The predicted octanol–water partition coefficient (Wildman–Crippen LogP) is 8.13. The van der Waals surface area contributed by atoms with Crippen LogP contribution < -0.4 is 0 Å². The van der Waals surface area contributed by atoms with Crippen LogP contribution in [-0.4, -0.2) is 0 Å². The molecule has 0 radical (unpaired) electrons. The quantitative estimate of drug-likeness (QED) is 0.263. The van der Waals surface area contributed by atoms with Gasteiger partial charge in [-0.05, 0) is 41.8 Å². The van der Waals surface area contributed by atoms with Crippen LogP contribution in [0.2, 0.25) is 0 Å². The van der Waals surface area contributed by atoms with Crippen molar-refractivity contribution in [3.63, 3.8) is 0 Å². The van der Waals surface area contributed by atoms with Crippen molar-refractivity contribution < 1.29 is 17.7 Å². The normalized spacial score (nSPS) is 12.7. The molecule has 140 valence electrons. The van der Waals surface area contributed by atoms with E-state index in [4.69, 9.17) is 17.7 Å². The fourth-order valence-corrected chi connectivity index (χ4v) is 4.83. The van der Waals surface area contributed by atoms with Gasteiger partial charge in [0.25, 0.3) is 0 Å². The number of benzene rings is 4. The lowest BCUT2D eigenvalue weighted by Gasteiger charge is -2.01. The molecule has 0 saturated heterocycles. The number of rotatable bonds is 0. The van der Waals surface area contributed by atoms with E-state index in [-0.39, 0.29) is 0 Å². The predicted molar refractivity (Wildman–Crippen MR) is 118 cm³/mol. The molecule has 0 aliphatic heterocycles. The zero-order chi connectivity index (χ0) is 19.4. The Labute approximate surface area is 167 Å². The summed E-state index contributed by atoms with van der Waals surface area (Å²) in [5.74, 6) is 0. The second kappa shape index (κ2) is 4.86. The van der Waals surface area contributed by atoms with Crippen LogP contribution in [0.3, 0.4) is 0 Å². The molecular weight excluding hydrogens is 376 g/mol. The van der Waals surface area contributed by atoms with Crippen molar-refractivity contribution in [1.82, 2.24) is 0 Å². The van der Waals surface area contributed by atoms with Gasteiger partial charge in [0.2, 0.25) is 0 Å². The second-order valence-electron chi connectivity index (χ2n) is 7.88. The van der Waals surface area contributed by atoms with Crippen molar-refractivity contribution in [3.8, 4) is 0 Å². The van der Waals surface area contributed by atoms with Crippen LogP contribution in [0.25, 0.3) is 76.2 Å². The number of fused-ring (bicyclic) bond motifs is 11. The van der Waals surface area contributed by atoms with E-state index in [1.54, 1.807) is 25.1 Å². The van der Waals surface area contributed by atoms with E-state index in [1.807, 2.05) is 18.2 Å². The molecule has 4 aromatic heterocycles. The Morgan fingerprint density at radius 1 is 0.433 bits per heavy atom. The highest BCUT2D eigenvalue weighted by molar-refractivity contribution is 6.29. The summed E-state index contributed by atoms with van der Waals surface area (Å²) >= 11 is 0. The summed E-state index contributed by atoms with van der Waals surface area (Å²) in [5, 5.41) is 10.7. The number of furan rings is 4. The lowest BCUT2D eigenvalue weighted by atomic mass is 10.00. The Morgan fingerprint density at radius 3 is 1.83 bits per heavy atom. The zero-order valence-electron chi connectivity index (χ0n) is 15.6. The largest absolute Gasteiger partial charge is 0.471 e. The van der Waals surface area contributed by atoms with Crippen molar-refractivity contribution in [1.29, 1.82) is 0 Å². The van der Waals surface area contributed by atoms with Crippen LogP contribution in [-0.2, 0) is 0 Å². The fourth-order valence-electron chi connectivity index (χ4n) is 4.83. The molecule has 0 atom stereocenters. The topological polar surface area (TPSA) is 52.6 Å². The van der Waals surface area contributed by atoms with E-state index < -0.39 is 0 Å². The van der Waals surface area contributed by atoms with Crippen LogP contribution >= 0.6 is 0 Å². The van der Waals surface area contributed by atoms with Gasteiger partial charge in [0.15, 0.2) is 0 Å². The van der Waals surface area contributed by atoms with Gasteiger partial charge < -0.3 is 17.7 Å². The van der Waals surface area contributed by atoms with E-state index in [1.165, 1.54) is 0 Å². The molecule has 4 nitrogen and oxygen atoms in total. The van der Waals surface area contributed by atoms with Crippen molar-refractivity contribution in [2.24, 2.45) is 0 Å². The summed E-state index contributed by atoms with van der Waals surface area (Å²) in [7, 11) is 0. The Balaban J connectivity index is 1.64. The van der Waals surface area contributed by atoms with Crippen LogP contribution in [0.4, 0.5) is 0 Å². The molecule has 8 rings (SSSR count). The third-order valence-electron chi connectivity index (χ3n) is 6.24. The Morgan fingerprint density at radius 2 is 1.07 bits per heavy atom. The molecule has 30 heavy (non-hydrogen) atoms. The first-order chi connectivity index (χ1) is 14.8. The monoisotopic (exact) mass is 388 g/mol. The van der Waals surface area contributed by atoms with Gasteiger partial charge in [-0.3, -0.25) is 0 Å². The van der Waals surface area contributed by atoms with Crippen LogP contribution in [0.5, 0.6) is 0 Å². The number of hydrogen-bond donors (Lipinski definition) is 0. The summed E-state index contributed by atoms with van der Waals surface area (Å²) in [6.07, 6.45) is 7.03. The van der Waals surface area contributed by atoms with Gasteiger partial charge in [0.05, 0.1) is 25.1 Å². The summed E-state index contributed by atoms with van der Waals surface area (Å²) in [5.41, 5.74) is 3.44. The minimum absolute atomic E-state index is 0.847. The first kappa shape index (κ1) is 14.8. The molecule has 4 heterocycles. The lowest BCUT2D eigenvalue weighted by Crippen LogP contribution is -1.76. The average molecular weight is 388 g/mol. The second-order valence-corrected chi connectivity index (χ2v) is 7.88. The van der Waals surface area contributed by atoms with Gasteiger partial charge in [-0.1, -0.05) is 12.1 Å². The van der Waals surface area contributed by atoms with Crippen LogP contribution in [0.1, 0.15) is 0 Å². The molecule has 0 amide bonds. The van der Waals surface area contributed by atoms with E-state index >= 15 is 0 Å². The van der Waals surface area contributed by atoms with Crippen LogP contribution in [0.15, 0.2) is 91.3 Å². The molecule has 0 bridgehead atoms. The van der Waals surface area contributed by atoms with Gasteiger partial charge in [-0.15, -0.1) is 0 Å². The SMILES string of the molecule is c1occ2cc3c(cc12)oc1c3ccc2ccc3oc4cc5cocc5cc4c3c21. The summed E-state index contributed by atoms with van der Waals surface area (Å²) in [6, 6.07) is 16.8. The van der Waals surface area contributed by atoms with Gasteiger partial charge in [-0.25, -0.2) is 0 Å². The lowest BCUT2D eigenvalue weighted by molar-refractivity contribution is 0.572. The highest BCUT2D eigenvalue weighted by Crippen LogP contribution is 2.42. The molecule has 0 aliphatic rings. The molecule has 0 fully saturated rings. The summed E-state index contributed by atoms with van der Waals surface area (Å²) in [4.78, 5) is 0. The average Bonchev–Trinajstić information content (AvgIpc) is 3.53. The van der Waals surface area contributed by atoms with E-state index in [0.717, 1.165) is 76.2 Å². The zero-order valence-corrected chi connectivity index (χ0v) is 15.6. The smallest absolute Gasteiger partial charge is 0.144 e. The molecule has 4 heteroatoms. The van der Waals surface area contributed by atoms with Crippen LogP contribution in [0, 0.1) is 0 Å². The van der Waals surface area contributed by atoms with Crippen molar-refractivity contribution in [2.45, 2.75) is 0 Å². The maximum Gasteiger partial charge on any atom is 0.144 e. The van der Waals surface area contributed by atoms with E-state index in [9.17, 15) is 0 Å². The van der Waals surface area contributed by atoms with E-state index in [0.29, 0.717) is 0 Å². The molecule has 4 aromatic carbocycles. The summed E-state index contributed by atoms with van der Waals surface area (Å²) in [6.45, 7) is 0. The standard InChI is InChI=1S/C26H12O4/c1-3-18-19-5-14-9-27-11-16(14)7-22(19)30-26(18)24-13(1)2-4-21-25(24)20-6-15-10-28-12-17(15)8-23(20)29-21/h1-12H. The van der Waals surface area contributed by atoms with Gasteiger partial charge >= 0.3 is 0 Å². The summed E-state index contributed by atoms with van der Waals surface area (Å²) < 4.78 is 23.4. The Kier molecular flexibility index (Phi) is 2.39. The molecule has 0 N–H and O–H groups in total. The minimum atomic E-state index is 0.847. The Hall–Kier alpha value is -4.18. The minimum Gasteiger partial charge on any atom is -0.471 e. The third-order valence-corrected chi connectivity index (χ3v) is 6.24. The van der Waals surface area contributed by atoms with Crippen molar-refractivity contribution in [2.75, 3.05) is 0 Å². The molecule has 0 unspecified atom stereocenters. The molecular formula is C26H12O4. The maximum atomic E-state index is 6.44. The van der Waals surface area contributed by atoms with Gasteiger partial charge in [0.1, 0.15) is 22.3 Å². The van der Waals surface area contributed by atoms with Gasteiger partial charge in [0, 0.05) is 48.5 Å². The maximum absolute atomic E-state index is 6.44. The first-order valence-electron chi connectivity index (χ1n) is 9.79. The molecule has 0 spiro atoms. The highest BCUT2D eigenvalue weighted by Gasteiger charge is 2.18.